The average molecular weight is 958 g/mol. The molecule has 408 valence electrons. The summed E-state index contributed by atoms with van der Waals surface area (Å²) in [5, 5.41) is 10.8. The summed E-state index contributed by atoms with van der Waals surface area (Å²) in [5.74, 6) is -0.472. The van der Waals surface area contributed by atoms with Crippen molar-refractivity contribution in [3.8, 4) is 0 Å². The monoisotopic (exact) mass is 957 g/mol. The molecule has 0 heterocycles. The van der Waals surface area contributed by atoms with Crippen LogP contribution < -0.4 is 0 Å². The Hall–Kier alpha value is -0.530. The maximum Gasteiger partial charge on any atom is 0.309 e. The highest BCUT2D eigenvalue weighted by atomic mass is 16.4. The van der Waals surface area contributed by atoms with Crippen molar-refractivity contribution in [3.63, 3.8) is 0 Å². The lowest BCUT2D eigenvalue weighted by atomic mass is 9.74. The van der Waals surface area contributed by atoms with Crippen LogP contribution in [0.1, 0.15) is 412 Å². The number of rotatable bonds is 62. The topological polar surface area (TPSA) is 37.3 Å². The molecule has 0 fully saturated rings. The van der Waals surface area contributed by atoms with Gasteiger partial charge in [0.05, 0.1) is 5.41 Å². The van der Waals surface area contributed by atoms with Crippen molar-refractivity contribution in [2.24, 2.45) is 5.41 Å². The van der Waals surface area contributed by atoms with Gasteiger partial charge in [0.25, 0.3) is 0 Å². The predicted octanol–water partition coefficient (Wildman–Crippen LogP) is 24.9. The second kappa shape index (κ2) is 59.0. The lowest BCUT2D eigenvalue weighted by molar-refractivity contribution is -0.150. The zero-order valence-corrected chi connectivity index (χ0v) is 48.0. The van der Waals surface area contributed by atoms with Crippen molar-refractivity contribution < 1.29 is 9.90 Å². The third-order valence-electron chi connectivity index (χ3n) is 16.5. The van der Waals surface area contributed by atoms with Gasteiger partial charge in [-0.25, -0.2) is 0 Å². The summed E-state index contributed by atoms with van der Waals surface area (Å²) in [5.41, 5.74) is -0.475. The molecule has 2 heteroatoms. The molecule has 0 aliphatic carbocycles. The third kappa shape index (κ3) is 51.8. The van der Waals surface area contributed by atoms with E-state index in [4.69, 9.17) is 0 Å². The van der Waals surface area contributed by atoms with E-state index >= 15 is 0 Å². The number of carboxylic acid groups (broad SMARTS) is 1. The van der Waals surface area contributed by atoms with Gasteiger partial charge in [0.1, 0.15) is 0 Å². The minimum absolute atomic E-state index is 0.472. The highest BCUT2D eigenvalue weighted by molar-refractivity contribution is 5.74. The van der Waals surface area contributed by atoms with Gasteiger partial charge in [-0.2, -0.15) is 0 Å². The van der Waals surface area contributed by atoms with Crippen molar-refractivity contribution in [1.82, 2.24) is 0 Å². The van der Waals surface area contributed by atoms with Crippen LogP contribution in [0.2, 0.25) is 0 Å². The summed E-state index contributed by atoms with van der Waals surface area (Å²) in [6, 6.07) is 0. The summed E-state index contributed by atoms with van der Waals surface area (Å²) in [6.07, 6.45) is 83.6. The summed E-state index contributed by atoms with van der Waals surface area (Å²) in [4.78, 5) is 13.1. The Morgan fingerprint density at radius 2 is 0.309 bits per heavy atom. The molecule has 0 saturated heterocycles. The first-order chi connectivity index (χ1) is 33.6. The van der Waals surface area contributed by atoms with Crippen LogP contribution in [0.25, 0.3) is 0 Å². The van der Waals surface area contributed by atoms with E-state index in [2.05, 4.69) is 20.8 Å². The van der Waals surface area contributed by atoms with E-state index in [1.807, 2.05) is 0 Å². The highest BCUT2D eigenvalue weighted by Crippen LogP contribution is 2.38. The number of hydrogen-bond acceptors (Lipinski definition) is 1. The molecule has 0 amide bonds. The molecule has 0 aliphatic heterocycles. The van der Waals surface area contributed by atoms with Crippen molar-refractivity contribution in [2.75, 3.05) is 0 Å². The van der Waals surface area contributed by atoms with E-state index in [-0.39, 0.29) is 0 Å². The fraction of sp³-hybridized carbons (Fsp3) is 0.985. The molecule has 0 rings (SSSR count). The van der Waals surface area contributed by atoms with E-state index in [9.17, 15) is 9.90 Å². The Bertz CT molecular complexity index is 867. The van der Waals surface area contributed by atoms with Crippen molar-refractivity contribution in [1.29, 1.82) is 0 Å². The number of carboxylic acids is 1. The van der Waals surface area contributed by atoms with Gasteiger partial charge in [0.2, 0.25) is 0 Å². The van der Waals surface area contributed by atoms with Gasteiger partial charge in [-0.05, 0) is 19.3 Å². The van der Waals surface area contributed by atoms with Crippen LogP contribution in [0, 0.1) is 5.41 Å². The van der Waals surface area contributed by atoms with Crippen LogP contribution in [0.3, 0.4) is 0 Å². The summed E-state index contributed by atoms with van der Waals surface area (Å²) >= 11 is 0. The number of aliphatic carboxylic acids is 1. The molecular weight excluding hydrogens is 825 g/mol. The number of unbranched alkanes of at least 4 members (excludes halogenated alkanes) is 55. The first-order valence-corrected chi connectivity index (χ1v) is 32.9. The van der Waals surface area contributed by atoms with Crippen LogP contribution in [0.15, 0.2) is 0 Å². The molecule has 0 aromatic carbocycles. The molecule has 0 aliphatic rings. The minimum atomic E-state index is -0.475. The largest absolute Gasteiger partial charge is 0.481 e. The molecule has 0 radical (unpaired) electrons. The van der Waals surface area contributed by atoms with Crippen LogP contribution in [0.5, 0.6) is 0 Å². The SMILES string of the molecule is CCCCCCCCCCCCCCCCCCCCCCC(CCCCCCCCCCCCCCCCCCCC)(CCCCCCCCCCCCCCCCCCCCCC)C(=O)O. The Kier molecular flexibility index (Phi) is 58.6. The van der Waals surface area contributed by atoms with Gasteiger partial charge in [-0.15, -0.1) is 0 Å². The van der Waals surface area contributed by atoms with E-state index in [0.717, 1.165) is 38.5 Å². The zero-order valence-electron chi connectivity index (χ0n) is 48.0. The predicted molar refractivity (Wildman–Crippen MR) is 309 cm³/mol. The summed E-state index contributed by atoms with van der Waals surface area (Å²) < 4.78 is 0. The maximum absolute atomic E-state index is 13.1. The standard InChI is InChI=1S/C66H132O2/c1-4-7-10-13-16-19-22-25-28-31-34-36-39-42-45-48-51-54-57-60-63-66(65(67)68,62-59-56-53-50-47-44-41-38-33-30-27-24-21-18-15-12-9-6-3)64-61-58-55-52-49-46-43-40-37-35-32-29-26-23-20-17-14-11-8-5-2/h4-64H2,1-3H3,(H,67,68). The highest BCUT2D eigenvalue weighted by Gasteiger charge is 2.36. The van der Waals surface area contributed by atoms with Crippen LogP contribution in [-0.4, -0.2) is 11.1 Å². The molecule has 0 bridgehead atoms. The Morgan fingerprint density at radius 3 is 0.412 bits per heavy atom. The van der Waals surface area contributed by atoms with Crippen molar-refractivity contribution in [2.45, 2.75) is 412 Å². The van der Waals surface area contributed by atoms with Crippen molar-refractivity contribution >= 4 is 5.97 Å². The molecule has 68 heavy (non-hydrogen) atoms. The van der Waals surface area contributed by atoms with E-state index in [0.29, 0.717) is 0 Å². The number of carbonyl (C=O) groups is 1. The molecule has 0 unspecified atom stereocenters. The van der Waals surface area contributed by atoms with Crippen LogP contribution in [-0.2, 0) is 4.79 Å². The summed E-state index contributed by atoms with van der Waals surface area (Å²) in [7, 11) is 0. The van der Waals surface area contributed by atoms with E-state index in [1.54, 1.807) is 0 Å². The molecule has 0 aromatic rings. The van der Waals surface area contributed by atoms with Crippen molar-refractivity contribution in [3.05, 3.63) is 0 Å². The van der Waals surface area contributed by atoms with E-state index < -0.39 is 11.4 Å². The summed E-state index contributed by atoms with van der Waals surface area (Å²) in [6.45, 7) is 6.92. The molecule has 2 nitrogen and oxygen atoms in total. The fourth-order valence-corrected chi connectivity index (χ4v) is 11.5. The molecule has 0 spiro atoms. The van der Waals surface area contributed by atoms with Gasteiger partial charge in [0, 0.05) is 0 Å². The lowest BCUT2D eigenvalue weighted by Crippen LogP contribution is -2.31. The van der Waals surface area contributed by atoms with Crippen LogP contribution >= 0.6 is 0 Å². The van der Waals surface area contributed by atoms with Gasteiger partial charge < -0.3 is 5.11 Å². The molecule has 0 aromatic heterocycles. The van der Waals surface area contributed by atoms with Gasteiger partial charge >= 0.3 is 5.97 Å². The quantitative estimate of drug-likeness (QED) is 0.0617. The van der Waals surface area contributed by atoms with E-state index in [1.165, 1.54) is 353 Å². The molecule has 0 atom stereocenters. The Morgan fingerprint density at radius 1 is 0.206 bits per heavy atom. The third-order valence-corrected chi connectivity index (χ3v) is 16.5. The first-order valence-electron chi connectivity index (χ1n) is 32.9. The Balaban J connectivity index is 4.29. The molecular formula is C66H132O2. The minimum Gasteiger partial charge on any atom is -0.481 e. The fourth-order valence-electron chi connectivity index (χ4n) is 11.5. The first kappa shape index (κ1) is 67.5. The molecule has 0 saturated carbocycles. The van der Waals surface area contributed by atoms with Gasteiger partial charge in [0.15, 0.2) is 0 Å². The zero-order chi connectivity index (χ0) is 49.2. The van der Waals surface area contributed by atoms with Gasteiger partial charge in [-0.3, -0.25) is 4.79 Å². The smallest absolute Gasteiger partial charge is 0.309 e. The second-order valence-corrected chi connectivity index (χ2v) is 23.3. The normalized spacial score (nSPS) is 11.9. The Labute approximate surface area is 431 Å². The lowest BCUT2D eigenvalue weighted by Gasteiger charge is -2.30. The molecule has 1 N–H and O–H groups in total. The maximum atomic E-state index is 13.1. The second-order valence-electron chi connectivity index (χ2n) is 23.3. The van der Waals surface area contributed by atoms with Crippen LogP contribution in [0.4, 0.5) is 0 Å². The average Bonchev–Trinajstić information content (AvgIpc) is 3.34. The van der Waals surface area contributed by atoms with Gasteiger partial charge in [-0.1, -0.05) is 393 Å². The number of hydrogen-bond donors (Lipinski definition) is 1.